The van der Waals surface area contributed by atoms with Crippen molar-refractivity contribution >= 4 is 11.8 Å². The van der Waals surface area contributed by atoms with Gasteiger partial charge < -0.3 is 16.0 Å². The molecule has 2 amide bonds. The Balaban J connectivity index is 3.97. The van der Waals surface area contributed by atoms with Crippen molar-refractivity contribution < 1.29 is 9.59 Å². The van der Waals surface area contributed by atoms with Crippen LogP contribution in [-0.2, 0) is 9.59 Å². The smallest absolute Gasteiger partial charge is 0.242 e. The Hall–Kier alpha value is -1.10. The number of nitrogens with one attached hydrogen (secondary N) is 3. The average molecular weight is 229 g/mol. The molecule has 0 heterocycles. The zero-order valence-corrected chi connectivity index (χ0v) is 10.6. The van der Waals surface area contributed by atoms with E-state index in [4.69, 9.17) is 0 Å². The second-order valence-electron chi connectivity index (χ2n) is 3.83. The first-order valence-corrected chi connectivity index (χ1v) is 5.81. The van der Waals surface area contributed by atoms with E-state index in [1.807, 2.05) is 20.8 Å². The number of amides is 2. The molecule has 0 aliphatic carbocycles. The summed E-state index contributed by atoms with van der Waals surface area (Å²) in [5, 5.41) is 8.44. The van der Waals surface area contributed by atoms with Gasteiger partial charge in [0.1, 0.15) is 6.04 Å². The van der Waals surface area contributed by atoms with Crippen molar-refractivity contribution in [1.29, 1.82) is 0 Å². The van der Waals surface area contributed by atoms with E-state index >= 15 is 0 Å². The van der Waals surface area contributed by atoms with E-state index in [0.29, 0.717) is 13.1 Å². The number of carbonyl (C=O) groups is 2. The number of likely N-dealkylation sites (N-methyl/N-ethyl adjacent to an activating group) is 1. The monoisotopic (exact) mass is 229 g/mol. The predicted octanol–water partition coefficient (Wildman–Crippen LogP) is -0.127. The van der Waals surface area contributed by atoms with Crippen molar-refractivity contribution in [3.63, 3.8) is 0 Å². The average Bonchev–Trinajstić information content (AvgIpc) is 2.25. The van der Waals surface area contributed by atoms with Gasteiger partial charge in [-0.25, -0.2) is 0 Å². The standard InChI is InChI=1S/C11H23N3O2/c1-5-12-7-8(3)10(15)14-9(4)11(16)13-6-2/h8-9,12H,5-7H2,1-4H3,(H,13,16)(H,14,15). The maximum absolute atomic E-state index is 11.6. The molecule has 0 aromatic heterocycles. The van der Waals surface area contributed by atoms with Gasteiger partial charge in [-0.1, -0.05) is 13.8 Å². The van der Waals surface area contributed by atoms with Crippen LogP contribution >= 0.6 is 0 Å². The third kappa shape index (κ3) is 5.70. The lowest BCUT2D eigenvalue weighted by molar-refractivity contribution is -0.130. The van der Waals surface area contributed by atoms with Crippen LogP contribution in [0, 0.1) is 5.92 Å². The van der Waals surface area contributed by atoms with Crippen LogP contribution in [0.2, 0.25) is 0 Å². The lowest BCUT2D eigenvalue weighted by Gasteiger charge is -2.17. The highest BCUT2D eigenvalue weighted by molar-refractivity contribution is 5.88. The Morgan fingerprint density at radius 1 is 1.06 bits per heavy atom. The Morgan fingerprint density at radius 3 is 2.19 bits per heavy atom. The number of carbonyl (C=O) groups excluding carboxylic acids is 2. The van der Waals surface area contributed by atoms with Crippen molar-refractivity contribution in [3.8, 4) is 0 Å². The van der Waals surface area contributed by atoms with Crippen LogP contribution in [-0.4, -0.2) is 37.5 Å². The molecule has 5 heteroatoms. The van der Waals surface area contributed by atoms with E-state index in [1.165, 1.54) is 0 Å². The molecule has 3 N–H and O–H groups in total. The molecule has 2 unspecified atom stereocenters. The number of rotatable bonds is 7. The largest absolute Gasteiger partial charge is 0.355 e. The van der Waals surface area contributed by atoms with Gasteiger partial charge in [-0.05, 0) is 20.4 Å². The van der Waals surface area contributed by atoms with Crippen LogP contribution < -0.4 is 16.0 Å². The third-order valence-electron chi connectivity index (χ3n) is 2.25. The molecule has 0 saturated carbocycles. The van der Waals surface area contributed by atoms with Gasteiger partial charge in [0.15, 0.2) is 0 Å². The molecular weight excluding hydrogens is 206 g/mol. The number of hydrogen-bond donors (Lipinski definition) is 3. The summed E-state index contributed by atoms with van der Waals surface area (Å²) in [6.45, 7) is 9.40. The van der Waals surface area contributed by atoms with Crippen LogP contribution in [0.15, 0.2) is 0 Å². The molecule has 16 heavy (non-hydrogen) atoms. The minimum Gasteiger partial charge on any atom is -0.355 e. The first-order valence-electron chi connectivity index (χ1n) is 5.81. The first-order chi connectivity index (χ1) is 7.52. The normalized spacial score (nSPS) is 14.0. The van der Waals surface area contributed by atoms with E-state index < -0.39 is 6.04 Å². The summed E-state index contributed by atoms with van der Waals surface area (Å²) in [6, 6.07) is -0.475. The Labute approximate surface area is 97.4 Å². The fourth-order valence-electron chi connectivity index (χ4n) is 1.20. The van der Waals surface area contributed by atoms with E-state index in [2.05, 4.69) is 16.0 Å². The summed E-state index contributed by atoms with van der Waals surface area (Å²) in [5.74, 6) is -0.372. The highest BCUT2D eigenvalue weighted by Gasteiger charge is 2.18. The highest BCUT2D eigenvalue weighted by Crippen LogP contribution is 1.94. The van der Waals surface area contributed by atoms with Gasteiger partial charge >= 0.3 is 0 Å². The fraction of sp³-hybridized carbons (Fsp3) is 0.818. The second kappa shape index (κ2) is 8.10. The third-order valence-corrected chi connectivity index (χ3v) is 2.25. The van der Waals surface area contributed by atoms with E-state index in [-0.39, 0.29) is 17.7 Å². The van der Waals surface area contributed by atoms with E-state index in [0.717, 1.165) is 6.54 Å². The van der Waals surface area contributed by atoms with Gasteiger partial charge in [0.2, 0.25) is 11.8 Å². The summed E-state index contributed by atoms with van der Waals surface area (Å²) in [6.07, 6.45) is 0. The van der Waals surface area contributed by atoms with Crippen LogP contribution in [0.3, 0.4) is 0 Å². The topological polar surface area (TPSA) is 70.2 Å². The Morgan fingerprint density at radius 2 is 1.69 bits per heavy atom. The van der Waals surface area contributed by atoms with E-state index in [1.54, 1.807) is 6.92 Å². The molecule has 0 aliphatic rings. The molecule has 0 saturated heterocycles. The van der Waals surface area contributed by atoms with Gasteiger partial charge in [-0.15, -0.1) is 0 Å². The minimum absolute atomic E-state index is 0.0975. The maximum atomic E-state index is 11.6. The molecule has 94 valence electrons. The molecule has 0 fully saturated rings. The van der Waals surface area contributed by atoms with Gasteiger partial charge in [0.25, 0.3) is 0 Å². The predicted molar refractivity (Wildman–Crippen MR) is 64.0 cm³/mol. The SMILES string of the molecule is CCNCC(C)C(=O)NC(C)C(=O)NCC. The molecule has 0 bridgehead atoms. The molecule has 0 rings (SSSR count). The number of hydrogen-bond acceptors (Lipinski definition) is 3. The van der Waals surface area contributed by atoms with Crippen LogP contribution in [0.5, 0.6) is 0 Å². The van der Waals surface area contributed by atoms with Crippen LogP contribution in [0.1, 0.15) is 27.7 Å². The lowest BCUT2D eigenvalue weighted by Crippen LogP contribution is -2.47. The molecular formula is C11H23N3O2. The second-order valence-corrected chi connectivity index (χ2v) is 3.83. The minimum atomic E-state index is -0.475. The molecule has 2 atom stereocenters. The molecule has 0 aliphatic heterocycles. The maximum Gasteiger partial charge on any atom is 0.242 e. The van der Waals surface area contributed by atoms with Crippen molar-refractivity contribution in [2.24, 2.45) is 5.92 Å². The summed E-state index contributed by atoms with van der Waals surface area (Å²) in [4.78, 5) is 23.0. The summed E-state index contributed by atoms with van der Waals surface area (Å²) in [7, 11) is 0. The van der Waals surface area contributed by atoms with Gasteiger partial charge in [-0.2, -0.15) is 0 Å². The Bertz CT molecular complexity index is 231. The van der Waals surface area contributed by atoms with Gasteiger partial charge in [0, 0.05) is 19.0 Å². The summed E-state index contributed by atoms with van der Waals surface area (Å²) in [5.41, 5.74) is 0. The Kier molecular flexibility index (Phi) is 7.54. The quantitative estimate of drug-likeness (QED) is 0.569. The van der Waals surface area contributed by atoms with E-state index in [9.17, 15) is 9.59 Å². The van der Waals surface area contributed by atoms with Gasteiger partial charge in [-0.3, -0.25) is 9.59 Å². The lowest BCUT2D eigenvalue weighted by atomic mass is 10.1. The molecule has 0 aromatic rings. The molecule has 0 aromatic carbocycles. The van der Waals surface area contributed by atoms with Crippen molar-refractivity contribution in [2.75, 3.05) is 19.6 Å². The fourth-order valence-corrected chi connectivity index (χ4v) is 1.20. The molecule has 5 nitrogen and oxygen atoms in total. The van der Waals surface area contributed by atoms with Crippen LogP contribution in [0.25, 0.3) is 0 Å². The highest BCUT2D eigenvalue weighted by atomic mass is 16.2. The van der Waals surface area contributed by atoms with Crippen molar-refractivity contribution in [2.45, 2.75) is 33.7 Å². The van der Waals surface area contributed by atoms with Gasteiger partial charge in [0.05, 0.1) is 0 Å². The summed E-state index contributed by atoms with van der Waals surface area (Å²) >= 11 is 0. The summed E-state index contributed by atoms with van der Waals surface area (Å²) < 4.78 is 0. The molecule has 0 radical (unpaired) electrons. The van der Waals surface area contributed by atoms with Crippen molar-refractivity contribution in [3.05, 3.63) is 0 Å². The first kappa shape index (κ1) is 14.9. The molecule has 0 spiro atoms. The van der Waals surface area contributed by atoms with Crippen molar-refractivity contribution in [1.82, 2.24) is 16.0 Å². The zero-order chi connectivity index (χ0) is 12.6. The van der Waals surface area contributed by atoms with Crippen LogP contribution in [0.4, 0.5) is 0 Å². The zero-order valence-electron chi connectivity index (χ0n) is 10.6.